The van der Waals surface area contributed by atoms with Gasteiger partial charge in [0, 0.05) is 27.7 Å². The smallest absolute Gasteiger partial charge is 0.303 e. The second-order valence-electron chi connectivity index (χ2n) is 4.96. The Bertz CT molecular complexity index is 527. The zero-order chi connectivity index (χ0) is 19.7. The fourth-order valence-electron chi connectivity index (χ4n) is 1.87. The number of esters is 3. The Balaban J connectivity index is 6.00. The largest absolute Gasteiger partial charge is 0.456 e. The highest BCUT2D eigenvalue weighted by Crippen LogP contribution is 2.19. The van der Waals surface area contributed by atoms with E-state index in [0.717, 1.165) is 27.7 Å². The Morgan fingerprint density at radius 3 is 1.60 bits per heavy atom. The first-order valence-corrected chi connectivity index (χ1v) is 7.02. The van der Waals surface area contributed by atoms with Crippen LogP contribution in [-0.4, -0.2) is 70.9 Å². The molecule has 0 amide bonds. The van der Waals surface area contributed by atoms with Gasteiger partial charge in [0.05, 0.1) is 0 Å². The van der Waals surface area contributed by atoms with Gasteiger partial charge in [0.2, 0.25) is 11.9 Å². The standard InChI is InChI=1S/C14H20O11/c1-6(15)11(20)13(24-8(3)17)14(25-9(4)18)12(23-7(2)16)10(19)5-22-21/h10,12-14,19,21H,5H2,1-4H3/t10-,12-,13+,14+/m1/s1. The predicted octanol–water partition coefficient (Wildman–Crippen LogP) is -1.21. The minimum absolute atomic E-state index is 0.795. The molecule has 0 bridgehead atoms. The minimum atomic E-state index is -1.98. The molecule has 0 aliphatic carbocycles. The van der Waals surface area contributed by atoms with E-state index in [1.807, 2.05) is 0 Å². The zero-order valence-corrected chi connectivity index (χ0v) is 14.1. The van der Waals surface area contributed by atoms with Gasteiger partial charge in [-0.3, -0.25) is 29.2 Å². The van der Waals surface area contributed by atoms with Gasteiger partial charge in [0.15, 0.2) is 18.0 Å². The van der Waals surface area contributed by atoms with E-state index in [-0.39, 0.29) is 0 Å². The third kappa shape index (κ3) is 7.83. The van der Waals surface area contributed by atoms with Crippen LogP contribution in [0.15, 0.2) is 0 Å². The molecule has 0 aromatic rings. The van der Waals surface area contributed by atoms with E-state index in [1.165, 1.54) is 0 Å². The summed E-state index contributed by atoms with van der Waals surface area (Å²) in [6.07, 6.45) is -7.39. The van der Waals surface area contributed by atoms with Gasteiger partial charge in [-0.15, -0.1) is 0 Å². The SMILES string of the molecule is CC(=O)O[C@@H]([C@H](OC(C)=O)[C@@H](OC(C)=O)C(=O)C(C)=O)[C@H](O)COO. The highest BCUT2D eigenvalue weighted by atomic mass is 17.1. The number of hydrogen-bond acceptors (Lipinski definition) is 11. The van der Waals surface area contributed by atoms with E-state index in [2.05, 4.69) is 4.89 Å². The number of rotatable bonds is 10. The van der Waals surface area contributed by atoms with Crippen LogP contribution in [0.1, 0.15) is 27.7 Å². The van der Waals surface area contributed by atoms with Crippen molar-refractivity contribution in [3.63, 3.8) is 0 Å². The van der Waals surface area contributed by atoms with Crippen LogP contribution in [0.3, 0.4) is 0 Å². The zero-order valence-electron chi connectivity index (χ0n) is 14.1. The third-order valence-corrected chi connectivity index (χ3v) is 2.75. The van der Waals surface area contributed by atoms with Gasteiger partial charge in [-0.25, -0.2) is 4.89 Å². The number of Topliss-reactive ketones (excluding diaryl/α,β-unsaturated/α-hetero) is 2. The van der Waals surface area contributed by atoms with Gasteiger partial charge in [0.1, 0.15) is 12.7 Å². The Hall–Kier alpha value is -2.37. The summed E-state index contributed by atoms with van der Waals surface area (Å²) in [5.74, 6) is -5.21. The van der Waals surface area contributed by atoms with E-state index in [0.29, 0.717) is 0 Å². The van der Waals surface area contributed by atoms with Crippen molar-refractivity contribution < 1.29 is 53.4 Å². The summed E-state index contributed by atoms with van der Waals surface area (Å²) in [7, 11) is 0. The molecule has 11 nitrogen and oxygen atoms in total. The maximum Gasteiger partial charge on any atom is 0.303 e. The van der Waals surface area contributed by atoms with Crippen molar-refractivity contribution in [2.24, 2.45) is 0 Å². The van der Waals surface area contributed by atoms with Crippen LogP contribution >= 0.6 is 0 Å². The first kappa shape index (κ1) is 22.6. The molecule has 0 aromatic carbocycles. The normalized spacial score (nSPS) is 15.3. The number of aliphatic hydroxyl groups is 1. The number of carbonyl (C=O) groups is 5. The summed E-state index contributed by atoms with van der Waals surface area (Å²) in [5.41, 5.74) is 0. The molecule has 0 heterocycles. The molecule has 0 saturated heterocycles. The van der Waals surface area contributed by atoms with Crippen LogP contribution in [0, 0.1) is 0 Å². The lowest BCUT2D eigenvalue weighted by molar-refractivity contribution is -0.269. The van der Waals surface area contributed by atoms with Crippen molar-refractivity contribution in [3.05, 3.63) is 0 Å². The highest BCUT2D eigenvalue weighted by Gasteiger charge is 2.45. The summed E-state index contributed by atoms with van der Waals surface area (Å²) in [4.78, 5) is 61.0. The molecule has 0 rings (SSSR count). The van der Waals surface area contributed by atoms with E-state index in [1.54, 1.807) is 0 Å². The Labute approximate surface area is 142 Å². The molecule has 0 aliphatic heterocycles. The number of ether oxygens (including phenoxy) is 3. The molecule has 0 saturated carbocycles. The maximum atomic E-state index is 12.1. The fourth-order valence-corrected chi connectivity index (χ4v) is 1.87. The molecule has 0 unspecified atom stereocenters. The molecule has 11 heteroatoms. The van der Waals surface area contributed by atoms with E-state index < -0.39 is 60.5 Å². The highest BCUT2D eigenvalue weighted by molar-refractivity contribution is 6.38. The van der Waals surface area contributed by atoms with Crippen molar-refractivity contribution in [2.45, 2.75) is 52.1 Å². The van der Waals surface area contributed by atoms with Crippen LogP contribution in [0.5, 0.6) is 0 Å². The quantitative estimate of drug-likeness (QED) is 0.157. The summed E-state index contributed by atoms with van der Waals surface area (Å²) in [5, 5.41) is 18.4. The molecular formula is C14H20O11. The van der Waals surface area contributed by atoms with E-state index in [4.69, 9.17) is 19.5 Å². The van der Waals surface area contributed by atoms with Gasteiger partial charge in [0.25, 0.3) is 0 Å². The molecule has 2 N–H and O–H groups in total. The summed E-state index contributed by atoms with van der Waals surface area (Å²) >= 11 is 0. The van der Waals surface area contributed by atoms with Gasteiger partial charge in [-0.1, -0.05) is 0 Å². The summed E-state index contributed by atoms with van der Waals surface area (Å²) < 4.78 is 14.4. The molecule has 142 valence electrons. The molecule has 4 atom stereocenters. The first-order chi connectivity index (χ1) is 11.5. The van der Waals surface area contributed by atoms with Crippen LogP contribution in [0.25, 0.3) is 0 Å². The number of carbonyl (C=O) groups excluding carboxylic acids is 5. The average molecular weight is 364 g/mol. The van der Waals surface area contributed by atoms with Crippen LogP contribution in [-0.2, 0) is 43.1 Å². The maximum absolute atomic E-state index is 12.1. The molecule has 0 spiro atoms. The van der Waals surface area contributed by atoms with Crippen molar-refractivity contribution >= 4 is 29.5 Å². The van der Waals surface area contributed by atoms with E-state index in [9.17, 15) is 29.1 Å². The molecular weight excluding hydrogens is 344 g/mol. The van der Waals surface area contributed by atoms with Crippen LogP contribution < -0.4 is 0 Å². The molecule has 0 radical (unpaired) electrons. The van der Waals surface area contributed by atoms with Crippen LogP contribution in [0.2, 0.25) is 0 Å². The first-order valence-electron chi connectivity index (χ1n) is 7.02. The topological polar surface area (TPSA) is 163 Å². The number of ketones is 2. The third-order valence-electron chi connectivity index (χ3n) is 2.75. The summed E-state index contributed by atoms with van der Waals surface area (Å²) in [6, 6.07) is 0. The molecule has 0 aromatic heterocycles. The van der Waals surface area contributed by atoms with Crippen LogP contribution in [0.4, 0.5) is 0 Å². The number of hydrogen-bond donors (Lipinski definition) is 2. The van der Waals surface area contributed by atoms with Crippen molar-refractivity contribution in [3.8, 4) is 0 Å². The monoisotopic (exact) mass is 364 g/mol. The van der Waals surface area contributed by atoms with Crippen molar-refractivity contribution in [1.82, 2.24) is 0 Å². The molecule has 0 aliphatic rings. The van der Waals surface area contributed by atoms with Crippen molar-refractivity contribution in [1.29, 1.82) is 0 Å². The number of aliphatic hydroxyl groups excluding tert-OH is 1. The van der Waals surface area contributed by atoms with Gasteiger partial charge in [-0.2, -0.15) is 0 Å². The summed E-state index contributed by atoms with van der Waals surface area (Å²) in [6.45, 7) is 2.92. The second kappa shape index (κ2) is 10.5. The average Bonchev–Trinajstić information content (AvgIpc) is 2.47. The van der Waals surface area contributed by atoms with Gasteiger partial charge in [-0.05, 0) is 0 Å². The fraction of sp³-hybridized carbons (Fsp3) is 0.643. The van der Waals surface area contributed by atoms with E-state index >= 15 is 0 Å². The lowest BCUT2D eigenvalue weighted by Gasteiger charge is -2.32. The molecule has 0 fully saturated rings. The Kier molecular flexibility index (Phi) is 9.49. The predicted molar refractivity (Wildman–Crippen MR) is 76.9 cm³/mol. The minimum Gasteiger partial charge on any atom is -0.456 e. The molecule has 25 heavy (non-hydrogen) atoms. The lowest BCUT2D eigenvalue weighted by Crippen LogP contribution is -2.55. The second-order valence-corrected chi connectivity index (χ2v) is 4.96. The van der Waals surface area contributed by atoms with Gasteiger partial charge < -0.3 is 19.3 Å². The lowest BCUT2D eigenvalue weighted by atomic mass is 9.98. The Morgan fingerprint density at radius 2 is 1.24 bits per heavy atom. The Morgan fingerprint density at radius 1 is 0.800 bits per heavy atom. The van der Waals surface area contributed by atoms with Gasteiger partial charge >= 0.3 is 17.9 Å². The van der Waals surface area contributed by atoms with Crippen molar-refractivity contribution in [2.75, 3.05) is 6.61 Å².